The van der Waals surface area contributed by atoms with E-state index in [-0.39, 0.29) is 18.6 Å². The Bertz CT molecular complexity index is 1530. The second-order valence-corrected chi connectivity index (χ2v) is 8.24. The van der Waals surface area contributed by atoms with E-state index in [0.29, 0.717) is 34.8 Å². The number of ether oxygens (including phenoxy) is 1. The summed E-state index contributed by atoms with van der Waals surface area (Å²) < 4.78 is 22.5. The van der Waals surface area contributed by atoms with Gasteiger partial charge >= 0.3 is 5.69 Å². The Morgan fingerprint density at radius 3 is 2.43 bits per heavy atom. The third-order valence-electron chi connectivity index (χ3n) is 5.76. The molecule has 182 valence electrons. The quantitative estimate of drug-likeness (QED) is 0.439. The predicted octanol–water partition coefficient (Wildman–Crippen LogP) is 2.83. The lowest BCUT2D eigenvalue weighted by Crippen LogP contribution is -2.42. The van der Waals surface area contributed by atoms with Crippen LogP contribution in [-0.2, 0) is 24.4 Å². The van der Waals surface area contributed by atoms with E-state index in [4.69, 9.17) is 4.74 Å². The highest BCUT2D eigenvalue weighted by atomic mass is 19.1. The van der Waals surface area contributed by atoms with Gasteiger partial charge in [0.25, 0.3) is 5.56 Å². The van der Waals surface area contributed by atoms with E-state index >= 15 is 0 Å². The van der Waals surface area contributed by atoms with Crippen molar-refractivity contribution in [2.45, 2.75) is 40.4 Å². The Hall–Kier alpha value is -4.21. The first kappa shape index (κ1) is 23.9. The van der Waals surface area contributed by atoms with Crippen LogP contribution in [0.15, 0.2) is 52.1 Å². The summed E-state index contributed by atoms with van der Waals surface area (Å²) in [6.07, 6.45) is 0. The van der Waals surface area contributed by atoms with E-state index in [1.807, 2.05) is 19.9 Å². The molecule has 0 bridgehead atoms. The van der Waals surface area contributed by atoms with Crippen molar-refractivity contribution in [3.63, 3.8) is 0 Å². The number of anilines is 1. The van der Waals surface area contributed by atoms with Crippen molar-refractivity contribution in [2.75, 3.05) is 12.4 Å². The van der Waals surface area contributed by atoms with E-state index in [2.05, 4.69) is 10.4 Å². The highest BCUT2D eigenvalue weighted by Gasteiger charge is 2.22. The zero-order chi connectivity index (χ0) is 25.3. The Morgan fingerprint density at radius 1 is 1.06 bits per heavy atom. The van der Waals surface area contributed by atoms with Gasteiger partial charge in [-0.3, -0.25) is 23.4 Å². The van der Waals surface area contributed by atoms with Gasteiger partial charge in [-0.2, -0.15) is 5.10 Å². The standard InChI is InChI=1S/C25H26FN5O4/c1-5-31-23-22(16(3)28-31)29(14-21(32)27-19-12-15(2)6-11-20(19)35-4)25(34)30(24(23)33)13-17-7-9-18(26)10-8-17/h6-12H,5,13-14H2,1-4H3,(H,27,32). The molecule has 1 N–H and O–H groups in total. The van der Waals surface area contributed by atoms with Gasteiger partial charge in [-0.1, -0.05) is 18.2 Å². The lowest BCUT2D eigenvalue weighted by molar-refractivity contribution is -0.116. The number of nitrogens with zero attached hydrogens (tertiary/aromatic N) is 4. The molecule has 0 aliphatic heterocycles. The number of fused-ring (bicyclic) bond motifs is 1. The second kappa shape index (κ2) is 9.57. The van der Waals surface area contributed by atoms with E-state index in [1.54, 1.807) is 19.1 Å². The van der Waals surface area contributed by atoms with Crippen LogP contribution in [0.4, 0.5) is 10.1 Å². The summed E-state index contributed by atoms with van der Waals surface area (Å²) in [6.45, 7) is 5.40. The van der Waals surface area contributed by atoms with Crippen molar-refractivity contribution in [3.05, 3.63) is 85.9 Å². The number of hydrogen-bond donors (Lipinski definition) is 1. The van der Waals surface area contributed by atoms with Crippen molar-refractivity contribution in [1.29, 1.82) is 0 Å². The lowest BCUT2D eigenvalue weighted by Gasteiger charge is -2.15. The number of amides is 1. The fourth-order valence-electron chi connectivity index (χ4n) is 4.10. The van der Waals surface area contributed by atoms with Crippen LogP contribution < -0.4 is 21.3 Å². The first-order valence-corrected chi connectivity index (χ1v) is 11.1. The molecule has 0 fully saturated rings. The van der Waals surface area contributed by atoms with Crippen LogP contribution in [0.25, 0.3) is 11.0 Å². The van der Waals surface area contributed by atoms with Crippen LogP contribution in [0.3, 0.4) is 0 Å². The van der Waals surface area contributed by atoms with Crippen LogP contribution in [0.2, 0.25) is 0 Å². The monoisotopic (exact) mass is 479 g/mol. The summed E-state index contributed by atoms with van der Waals surface area (Å²) in [5.74, 6) is -0.400. The van der Waals surface area contributed by atoms with Gasteiger partial charge in [0.15, 0.2) is 5.52 Å². The van der Waals surface area contributed by atoms with Crippen molar-refractivity contribution < 1.29 is 13.9 Å². The Balaban J connectivity index is 1.82. The number of benzene rings is 2. The molecule has 0 unspecified atom stereocenters. The largest absolute Gasteiger partial charge is 0.495 e. The third kappa shape index (κ3) is 4.59. The maximum absolute atomic E-state index is 13.5. The number of carbonyl (C=O) groups is 1. The highest BCUT2D eigenvalue weighted by molar-refractivity contribution is 5.93. The van der Waals surface area contributed by atoms with E-state index in [9.17, 15) is 18.8 Å². The smallest absolute Gasteiger partial charge is 0.332 e. The maximum Gasteiger partial charge on any atom is 0.332 e. The van der Waals surface area contributed by atoms with Crippen molar-refractivity contribution in [2.24, 2.45) is 0 Å². The molecule has 0 spiro atoms. The van der Waals surface area contributed by atoms with Crippen LogP contribution in [0, 0.1) is 19.7 Å². The van der Waals surface area contributed by atoms with Gasteiger partial charge in [0.05, 0.1) is 25.0 Å². The van der Waals surface area contributed by atoms with Gasteiger partial charge in [-0.05, 0) is 56.2 Å². The summed E-state index contributed by atoms with van der Waals surface area (Å²) in [4.78, 5) is 39.9. The molecule has 0 saturated heterocycles. The average molecular weight is 480 g/mol. The van der Waals surface area contributed by atoms with Crippen molar-refractivity contribution in [1.82, 2.24) is 18.9 Å². The number of methoxy groups -OCH3 is 1. The zero-order valence-corrected chi connectivity index (χ0v) is 20.0. The van der Waals surface area contributed by atoms with Crippen molar-refractivity contribution in [3.8, 4) is 5.75 Å². The molecule has 2 heterocycles. The normalized spacial score (nSPS) is 11.1. The maximum atomic E-state index is 13.5. The van der Waals surface area contributed by atoms with Crippen LogP contribution in [-0.4, -0.2) is 31.9 Å². The molecule has 10 heteroatoms. The molecule has 35 heavy (non-hydrogen) atoms. The SMILES string of the molecule is CCn1nc(C)c2c1c(=O)n(Cc1ccc(F)cc1)c(=O)n2CC(=O)Nc1cc(C)ccc1OC. The highest BCUT2D eigenvalue weighted by Crippen LogP contribution is 2.25. The minimum absolute atomic E-state index is 0.0743. The van der Waals surface area contributed by atoms with Gasteiger partial charge in [0.2, 0.25) is 5.91 Å². The van der Waals surface area contributed by atoms with Gasteiger partial charge in [0.1, 0.15) is 23.6 Å². The van der Waals surface area contributed by atoms with Gasteiger partial charge in [-0.25, -0.2) is 9.18 Å². The van der Waals surface area contributed by atoms with Gasteiger partial charge in [0, 0.05) is 6.54 Å². The third-order valence-corrected chi connectivity index (χ3v) is 5.76. The molecule has 0 aliphatic carbocycles. The first-order chi connectivity index (χ1) is 16.7. The Kier molecular flexibility index (Phi) is 6.54. The minimum atomic E-state index is -0.656. The Labute approximate surface area is 200 Å². The molecular formula is C25H26FN5O4. The van der Waals surface area contributed by atoms with Crippen molar-refractivity contribution >= 4 is 22.6 Å². The molecule has 1 amide bonds. The van der Waals surface area contributed by atoms with E-state index in [1.165, 1.54) is 40.6 Å². The average Bonchev–Trinajstić information content (AvgIpc) is 3.17. The van der Waals surface area contributed by atoms with Gasteiger partial charge in [-0.15, -0.1) is 0 Å². The summed E-state index contributed by atoms with van der Waals surface area (Å²) in [6, 6.07) is 10.9. The number of aromatic nitrogens is 4. The predicted molar refractivity (Wildman–Crippen MR) is 131 cm³/mol. The zero-order valence-electron chi connectivity index (χ0n) is 20.0. The minimum Gasteiger partial charge on any atom is -0.495 e. The number of nitrogens with one attached hydrogen (secondary N) is 1. The number of rotatable bonds is 7. The topological polar surface area (TPSA) is 100 Å². The number of hydrogen-bond acceptors (Lipinski definition) is 5. The van der Waals surface area contributed by atoms with E-state index in [0.717, 1.165) is 10.1 Å². The van der Waals surface area contributed by atoms with E-state index < -0.39 is 23.0 Å². The summed E-state index contributed by atoms with van der Waals surface area (Å²) in [5.41, 5.74) is 1.80. The summed E-state index contributed by atoms with van der Waals surface area (Å²) >= 11 is 0. The second-order valence-electron chi connectivity index (χ2n) is 8.24. The number of carbonyl (C=O) groups excluding carboxylic acids is 1. The molecular weight excluding hydrogens is 453 g/mol. The van der Waals surface area contributed by atoms with Crippen LogP contribution in [0.1, 0.15) is 23.7 Å². The molecule has 4 rings (SSSR count). The molecule has 0 saturated carbocycles. The molecule has 2 aromatic carbocycles. The lowest BCUT2D eigenvalue weighted by atomic mass is 10.2. The number of aryl methyl sites for hydroxylation is 3. The molecule has 0 aliphatic rings. The molecule has 4 aromatic rings. The summed E-state index contributed by atoms with van der Waals surface area (Å²) in [5, 5.41) is 7.20. The molecule has 0 atom stereocenters. The Morgan fingerprint density at radius 2 is 1.77 bits per heavy atom. The fourth-order valence-corrected chi connectivity index (χ4v) is 4.10. The van der Waals surface area contributed by atoms with Crippen LogP contribution >= 0.6 is 0 Å². The molecule has 0 radical (unpaired) electrons. The summed E-state index contributed by atoms with van der Waals surface area (Å²) in [7, 11) is 1.50. The first-order valence-electron chi connectivity index (χ1n) is 11.1. The number of halogens is 1. The molecule has 2 aromatic heterocycles. The molecule has 9 nitrogen and oxygen atoms in total. The fraction of sp³-hybridized carbons (Fsp3) is 0.280. The van der Waals surface area contributed by atoms with Crippen LogP contribution in [0.5, 0.6) is 5.75 Å². The van der Waals surface area contributed by atoms with Gasteiger partial charge < -0.3 is 10.1 Å².